The third-order valence-electron chi connectivity index (χ3n) is 4.00. The van der Waals surface area contributed by atoms with Crippen LogP contribution in [0.25, 0.3) is 17.0 Å². The lowest BCUT2D eigenvalue weighted by Gasteiger charge is -2.09. The predicted octanol–water partition coefficient (Wildman–Crippen LogP) is 2.30. The summed E-state index contributed by atoms with van der Waals surface area (Å²) in [6, 6.07) is 13.0. The fraction of sp³-hybridized carbons (Fsp3) is 0.167. The maximum Gasteiger partial charge on any atom is 0.246 e. The van der Waals surface area contributed by atoms with Gasteiger partial charge in [-0.1, -0.05) is 22.8 Å². The van der Waals surface area contributed by atoms with Gasteiger partial charge in [-0.3, -0.25) is 9.39 Å². The average molecular weight is 397 g/mol. The van der Waals surface area contributed by atoms with Gasteiger partial charge in [-0.05, 0) is 36.4 Å². The number of pyridine rings is 1. The molecule has 4 aromatic rings. The van der Waals surface area contributed by atoms with Crippen molar-refractivity contribution in [2.45, 2.75) is 13.1 Å². The summed E-state index contributed by atoms with van der Waals surface area (Å²) < 4.78 is 7.20. The average Bonchev–Trinajstić information content (AvgIpc) is 3.36. The number of nitrogens with one attached hydrogen (secondary N) is 2. The van der Waals surface area contributed by atoms with Crippen LogP contribution in [-0.2, 0) is 13.1 Å². The quantitative estimate of drug-likeness (QED) is 0.394. The maximum atomic E-state index is 5.90. The summed E-state index contributed by atoms with van der Waals surface area (Å²) in [6.07, 6.45) is 1.92. The van der Waals surface area contributed by atoms with E-state index in [4.69, 9.17) is 16.1 Å². The van der Waals surface area contributed by atoms with Gasteiger partial charge in [-0.15, -0.1) is 10.2 Å². The van der Waals surface area contributed by atoms with Gasteiger partial charge in [0.05, 0.1) is 13.1 Å². The molecular formula is C18H17ClN8O. The molecule has 0 saturated carbocycles. The molecule has 3 aromatic heterocycles. The topological polar surface area (TPSA) is 106 Å². The summed E-state index contributed by atoms with van der Waals surface area (Å²) in [5.41, 5.74) is 1.63. The number of benzene rings is 1. The highest BCUT2D eigenvalue weighted by atomic mass is 35.5. The molecule has 0 fully saturated rings. The number of aromatic nitrogens is 5. The Morgan fingerprint density at radius 2 is 1.93 bits per heavy atom. The minimum Gasteiger partial charge on any atom is -0.349 e. The minimum absolute atomic E-state index is 0.334. The molecule has 0 aliphatic heterocycles. The number of hydrogen-bond acceptors (Lipinski definition) is 6. The Bertz CT molecular complexity index is 1100. The van der Waals surface area contributed by atoms with Gasteiger partial charge in [0.15, 0.2) is 17.4 Å². The summed E-state index contributed by atoms with van der Waals surface area (Å²) >= 11 is 5.90. The molecular weight excluding hydrogens is 380 g/mol. The van der Waals surface area contributed by atoms with Crippen molar-refractivity contribution >= 4 is 23.2 Å². The first kappa shape index (κ1) is 17.9. The van der Waals surface area contributed by atoms with Gasteiger partial charge in [0.2, 0.25) is 11.7 Å². The van der Waals surface area contributed by atoms with Crippen LogP contribution in [0.5, 0.6) is 0 Å². The molecule has 0 amide bonds. The second-order valence-corrected chi connectivity index (χ2v) is 6.28. The molecule has 0 radical (unpaired) electrons. The molecule has 0 atom stereocenters. The van der Waals surface area contributed by atoms with Crippen LogP contribution >= 0.6 is 11.6 Å². The van der Waals surface area contributed by atoms with Gasteiger partial charge in [-0.2, -0.15) is 4.98 Å². The Labute approximate surface area is 165 Å². The molecule has 0 unspecified atom stereocenters. The summed E-state index contributed by atoms with van der Waals surface area (Å²) in [4.78, 5) is 8.56. The van der Waals surface area contributed by atoms with Crippen LogP contribution in [0.3, 0.4) is 0 Å². The van der Waals surface area contributed by atoms with E-state index < -0.39 is 0 Å². The molecule has 2 N–H and O–H groups in total. The molecule has 28 heavy (non-hydrogen) atoms. The van der Waals surface area contributed by atoms with E-state index >= 15 is 0 Å². The molecule has 0 spiro atoms. The van der Waals surface area contributed by atoms with Crippen molar-refractivity contribution in [1.29, 1.82) is 0 Å². The van der Waals surface area contributed by atoms with Crippen LogP contribution < -0.4 is 10.6 Å². The molecule has 4 rings (SSSR count). The Morgan fingerprint density at radius 3 is 2.75 bits per heavy atom. The number of rotatable bonds is 5. The van der Waals surface area contributed by atoms with Crippen molar-refractivity contribution in [2.75, 3.05) is 7.05 Å². The van der Waals surface area contributed by atoms with E-state index in [0.29, 0.717) is 35.8 Å². The molecule has 0 bridgehead atoms. The number of nitrogens with zero attached hydrogens (tertiary/aromatic N) is 6. The van der Waals surface area contributed by atoms with Crippen LogP contribution in [0.4, 0.5) is 0 Å². The number of fused-ring (bicyclic) bond motifs is 1. The van der Waals surface area contributed by atoms with Crippen LogP contribution in [0.1, 0.15) is 11.7 Å². The zero-order chi connectivity index (χ0) is 19.3. The molecule has 0 saturated heterocycles. The van der Waals surface area contributed by atoms with E-state index in [9.17, 15) is 0 Å². The lowest BCUT2D eigenvalue weighted by Crippen LogP contribution is -2.36. The lowest BCUT2D eigenvalue weighted by atomic mass is 10.2. The normalized spacial score (nSPS) is 11.7. The van der Waals surface area contributed by atoms with Crippen molar-refractivity contribution in [3.63, 3.8) is 0 Å². The maximum absolute atomic E-state index is 5.90. The zero-order valence-electron chi connectivity index (χ0n) is 15.0. The third-order valence-corrected chi connectivity index (χ3v) is 4.25. The first-order valence-corrected chi connectivity index (χ1v) is 8.92. The zero-order valence-corrected chi connectivity index (χ0v) is 15.8. The summed E-state index contributed by atoms with van der Waals surface area (Å²) in [7, 11) is 1.68. The number of halogens is 1. The second kappa shape index (κ2) is 8.05. The number of aliphatic imine (C=N–C) groups is 1. The van der Waals surface area contributed by atoms with Gasteiger partial charge in [0, 0.05) is 23.8 Å². The van der Waals surface area contributed by atoms with Crippen molar-refractivity contribution in [1.82, 2.24) is 35.4 Å². The molecule has 0 aliphatic carbocycles. The van der Waals surface area contributed by atoms with Gasteiger partial charge >= 0.3 is 0 Å². The molecule has 10 heteroatoms. The van der Waals surface area contributed by atoms with Crippen LogP contribution in [0.2, 0.25) is 5.02 Å². The van der Waals surface area contributed by atoms with Gasteiger partial charge < -0.3 is 15.2 Å². The van der Waals surface area contributed by atoms with Crippen LogP contribution in [0.15, 0.2) is 58.2 Å². The Hall–Kier alpha value is -3.46. The van der Waals surface area contributed by atoms with Gasteiger partial charge in [0.25, 0.3) is 0 Å². The highest BCUT2D eigenvalue weighted by Crippen LogP contribution is 2.18. The van der Waals surface area contributed by atoms with Crippen LogP contribution in [0, 0.1) is 0 Å². The lowest BCUT2D eigenvalue weighted by molar-refractivity contribution is 0.375. The SMILES string of the molecule is CN=C(NCc1nc(-c2ccc(Cl)cc2)no1)NCc1nnc2ccccn12. The van der Waals surface area contributed by atoms with E-state index in [1.165, 1.54) is 0 Å². The van der Waals surface area contributed by atoms with Crippen molar-refractivity contribution in [2.24, 2.45) is 4.99 Å². The van der Waals surface area contributed by atoms with E-state index in [1.807, 2.05) is 40.9 Å². The summed E-state index contributed by atoms with van der Waals surface area (Å²) in [6.45, 7) is 0.797. The van der Waals surface area contributed by atoms with E-state index in [-0.39, 0.29) is 0 Å². The minimum atomic E-state index is 0.334. The molecule has 1 aromatic carbocycles. The second-order valence-electron chi connectivity index (χ2n) is 5.84. The largest absolute Gasteiger partial charge is 0.349 e. The number of guanidine groups is 1. The van der Waals surface area contributed by atoms with E-state index in [1.54, 1.807) is 19.2 Å². The predicted molar refractivity (Wildman–Crippen MR) is 105 cm³/mol. The summed E-state index contributed by atoms with van der Waals surface area (Å²) in [5, 5.41) is 19.3. The Balaban J connectivity index is 1.35. The van der Waals surface area contributed by atoms with Crippen molar-refractivity contribution < 1.29 is 4.52 Å². The van der Waals surface area contributed by atoms with E-state index in [0.717, 1.165) is 17.0 Å². The molecule has 3 heterocycles. The molecule has 142 valence electrons. The highest BCUT2D eigenvalue weighted by Gasteiger charge is 2.10. The van der Waals surface area contributed by atoms with Crippen LogP contribution in [-0.4, -0.2) is 37.7 Å². The molecule has 9 nitrogen and oxygen atoms in total. The Kier molecular flexibility index (Phi) is 5.16. The first-order chi connectivity index (χ1) is 13.7. The number of hydrogen-bond donors (Lipinski definition) is 2. The molecule has 0 aliphatic rings. The summed E-state index contributed by atoms with van der Waals surface area (Å²) in [5.74, 6) is 2.31. The van der Waals surface area contributed by atoms with E-state index in [2.05, 4.69) is 36.0 Å². The highest BCUT2D eigenvalue weighted by molar-refractivity contribution is 6.30. The Morgan fingerprint density at radius 1 is 1.11 bits per heavy atom. The van der Waals surface area contributed by atoms with Gasteiger partial charge in [0.1, 0.15) is 0 Å². The smallest absolute Gasteiger partial charge is 0.246 e. The third kappa shape index (κ3) is 3.94. The monoisotopic (exact) mass is 396 g/mol. The van der Waals surface area contributed by atoms with Crippen molar-refractivity contribution in [3.05, 3.63) is 65.4 Å². The fourth-order valence-corrected chi connectivity index (χ4v) is 2.72. The fourth-order valence-electron chi connectivity index (χ4n) is 2.60. The van der Waals surface area contributed by atoms with Gasteiger partial charge in [-0.25, -0.2) is 0 Å². The standard InChI is InChI=1S/C18H17ClN8O/c1-20-18(21-10-15-25-24-14-4-2-3-9-27(14)15)22-11-16-23-17(26-28-16)12-5-7-13(19)8-6-12/h2-9H,10-11H2,1H3,(H2,20,21,22). The first-order valence-electron chi connectivity index (χ1n) is 8.54. The van der Waals surface area contributed by atoms with Crippen molar-refractivity contribution in [3.8, 4) is 11.4 Å².